The van der Waals surface area contributed by atoms with Crippen LogP contribution < -0.4 is 16.0 Å². The second kappa shape index (κ2) is 41.9. The molecule has 0 saturated carbocycles. The van der Waals surface area contributed by atoms with Gasteiger partial charge in [-0.3, -0.25) is 33.2 Å². The van der Waals surface area contributed by atoms with Gasteiger partial charge in [-0.1, -0.05) is 192 Å². The first-order valence-corrected chi connectivity index (χ1v) is 40.3. The fourth-order valence-electron chi connectivity index (χ4n) is 15.2. The average molecular weight is 1630 g/mol. The van der Waals surface area contributed by atoms with Crippen molar-refractivity contribution in [3.63, 3.8) is 0 Å². The Morgan fingerprint density at radius 3 is 1.34 bits per heavy atom. The van der Waals surface area contributed by atoms with Crippen LogP contribution in [0.4, 0.5) is 0 Å². The number of aliphatic hydroxyl groups excluding tert-OH is 1. The molecule has 7 heterocycles. The number of methoxy groups -OCH3 is 1. The highest BCUT2D eigenvalue weighted by atomic mass is 16.7. The van der Waals surface area contributed by atoms with Crippen LogP contribution in [-0.4, -0.2) is 146 Å². The molecule has 0 spiro atoms. The Balaban J connectivity index is 0.000000174. The van der Waals surface area contributed by atoms with Crippen LogP contribution in [0.5, 0.6) is 5.75 Å². The van der Waals surface area contributed by atoms with Crippen molar-refractivity contribution in [3.05, 3.63) is 293 Å². The van der Waals surface area contributed by atoms with Gasteiger partial charge in [0.1, 0.15) is 11.9 Å². The number of aromatic nitrogens is 2. The number of rotatable bonds is 23. The predicted octanol–water partition coefficient (Wildman–Crippen LogP) is 14.6. The molecule has 632 valence electrons. The summed E-state index contributed by atoms with van der Waals surface area (Å²) in [5.41, 5.74) is -0.992. The predicted molar refractivity (Wildman–Crippen MR) is 443 cm³/mol. The number of carbonyl (C=O) groups excluding carboxylic acids is 8. The van der Waals surface area contributed by atoms with Crippen LogP contribution in [-0.2, 0) is 68.3 Å². The van der Waals surface area contributed by atoms with E-state index in [1.165, 1.54) is 46.2 Å². The molecule has 19 atom stereocenters. The Morgan fingerprint density at radius 2 is 0.924 bits per heavy atom. The summed E-state index contributed by atoms with van der Waals surface area (Å²) in [6.45, 7) is 33.4. The summed E-state index contributed by atoms with van der Waals surface area (Å²) in [6, 6.07) is 51.9. The monoisotopic (exact) mass is 1630 g/mol. The summed E-state index contributed by atoms with van der Waals surface area (Å²) < 4.78 is 64.8. The van der Waals surface area contributed by atoms with Crippen LogP contribution in [0.15, 0.2) is 248 Å². The van der Waals surface area contributed by atoms with Gasteiger partial charge in [-0.2, -0.15) is 0 Å². The smallest absolute Gasteiger partial charge is 0.340 e. The highest BCUT2D eigenvalue weighted by Gasteiger charge is 2.60. The first-order chi connectivity index (χ1) is 57.0. The minimum absolute atomic E-state index is 0.0245. The molecule has 1 amide bonds. The van der Waals surface area contributed by atoms with E-state index in [2.05, 4.69) is 33.6 Å². The molecular weight excluding hydrogens is 1520 g/mol. The quantitative estimate of drug-likeness (QED) is 0.0269. The number of amides is 1. The molecule has 0 unspecified atom stereocenters. The fraction of sp³-hybridized carbons (Fsp3) is 0.404. The van der Waals surface area contributed by atoms with Gasteiger partial charge in [-0.15, -0.1) is 6.58 Å². The van der Waals surface area contributed by atoms with E-state index in [4.69, 9.17) is 52.1 Å². The zero-order chi connectivity index (χ0) is 86.5. The van der Waals surface area contributed by atoms with Crippen molar-refractivity contribution in [1.82, 2.24) is 14.0 Å². The minimum atomic E-state index is -1.33. The van der Waals surface area contributed by atoms with Crippen LogP contribution in [0, 0.1) is 35.0 Å². The van der Waals surface area contributed by atoms with Crippen molar-refractivity contribution in [1.29, 1.82) is 0 Å². The van der Waals surface area contributed by atoms with E-state index >= 15 is 0 Å². The summed E-state index contributed by atoms with van der Waals surface area (Å²) in [4.78, 5) is 125. The van der Waals surface area contributed by atoms with Gasteiger partial charge in [0.25, 0.3) is 11.8 Å². The molecule has 0 aliphatic carbocycles. The van der Waals surface area contributed by atoms with Crippen molar-refractivity contribution in [2.24, 2.45) is 35.0 Å². The van der Waals surface area contributed by atoms with Crippen molar-refractivity contribution in [3.8, 4) is 5.75 Å². The normalized spacial score (nSPS) is 28.3. The van der Waals surface area contributed by atoms with Gasteiger partial charge in [0.2, 0.25) is 24.3 Å². The maximum absolute atomic E-state index is 13.6. The van der Waals surface area contributed by atoms with E-state index in [-0.39, 0.29) is 96.0 Å². The van der Waals surface area contributed by atoms with Crippen LogP contribution in [0.3, 0.4) is 0 Å². The van der Waals surface area contributed by atoms with Gasteiger partial charge >= 0.3 is 35.5 Å². The molecule has 0 bridgehead atoms. The largest absolute Gasteiger partial charge is 0.497 e. The molecule has 13 rings (SSSR count). The van der Waals surface area contributed by atoms with E-state index in [0.717, 1.165) is 29.4 Å². The van der Waals surface area contributed by atoms with Crippen molar-refractivity contribution in [2.45, 2.75) is 200 Å². The molecule has 0 radical (unpaired) electrons. The summed E-state index contributed by atoms with van der Waals surface area (Å²) in [6.07, 6.45) is 6.73. The van der Waals surface area contributed by atoms with Gasteiger partial charge in [-0.05, 0) is 142 Å². The Morgan fingerprint density at radius 1 is 0.496 bits per heavy atom. The standard InChI is InChI=1S/C28H30N2O6.C21H23NO5.C17H22O3.C14H18O4.C14H16O4/c1-5-23-19(3)28(6-2,36-25(32)21-10-8-7-9-11-21)26(35-23)29-17-16-24(31)30(27(29)33)18-20-12-14-22(34-4)15-13-20;1-4-17-14(3)21(5-2,27-19(25)15-9-7-6-8-10-15)20(26-17)22-12-11-16(23)13-18(22)24;1-5-14-12(3)17(4,6-2)16(19-14)20-15(18)13-10-8-7-9-11-13;2*1-3-11-9(2)12(15)14(17-11)18-13(16)10-7-5-4-6-8-10/h6-17,19,23,26H,2,5,18H2,1,3-4H3;5-12,14,17,20H,2,4,13H2,1,3H3;6-12,14,16H,2,5H2,1,3-4H3;4-9,11-12,14-15H,3H2,1-2H3;4-9,11,14H,3H2,1-2H3/t19-,23-,26-,28-;14-,17-,20-,21-;12-,14-,16-,17+;9-,11-,12-,14-;9-,11-,14-/m11111/s1. The number of nitrogens with zero attached hydrogens (tertiary/aromatic N) is 3. The highest BCUT2D eigenvalue weighted by Crippen LogP contribution is 2.49. The van der Waals surface area contributed by atoms with E-state index < -0.39 is 89.7 Å². The van der Waals surface area contributed by atoms with E-state index in [0.29, 0.717) is 46.4 Å². The summed E-state index contributed by atoms with van der Waals surface area (Å²) in [7, 11) is 1.57. The van der Waals surface area contributed by atoms with E-state index in [1.54, 1.807) is 147 Å². The van der Waals surface area contributed by atoms with Crippen LogP contribution in [0.25, 0.3) is 0 Å². The number of allylic oxidation sites excluding steroid dienone is 1. The lowest BCUT2D eigenvalue weighted by atomic mass is 9.76. The topological polar surface area (TPSA) is 306 Å². The van der Waals surface area contributed by atoms with E-state index in [9.17, 15) is 53.1 Å². The molecule has 119 heavy (non-hydrogen) atoms. The number of Topliss-reactive ketones (excluding diaryl/α,β-unsaturated/α-hetero) is 1. The fourth-order valence-corrected chi connectivity index (χ4v) is 15.2. The molecule has 7 aromatic rings. The lowest BCUT2D eigenvalue weighted by Crippen LogP contribution is -2.54. The molecular formula is C94H109N3O22. The molecule has 1 N–H and O–H groups in total. The van der Waals surface area contributed by atoms with Crippen LogP contribution in [0.2, 0.25) is 0 Å². The summed E-state index contributed by atoms with van der Waals surface area (Å²) in [5, 5.41) is 9.95. The zero-order valence-electron chi connectivity index (χ0n) is 69.5. The van der Waals surface area contributed by atoms with Crippen molar-refractivity contribution >= 4 is 47.3 Å². The van der Waals surface area contributed by atoms with Crippen molar-refractivity contribution < 1.29 is 95.6 Å². The number of esters is 5. The lowest BCUT2D eigenvalue weighted by molar-refractivity contribution is -0.153. The third-order valence-electron chi connectivity index (χ3n) is 23.0. The second-order valence-corrected chi connectivity index (χ2v) is 30.1. The van der Waals surface area contributed by atoms with Gasteiger partial charge in [0, 0.05) is 42.1 Å². The molecule has 1 aromatic heterocycles. The number of aliphatic hydroxyl groups is 1. The molecule has 5 fully saturated rings. The summed E-state index contributed by atoms with van der Waals surface area (Å²) in [5.74, 6) is -3.07. The molecule has 6 aromatic carbocycles. The molecule has 5 saturated heterocycles. The highest BCUT2D eigenvalue weighted by molar-refractivity contribution is 6.06. The third-order valence-corrected chi connectivity index (χ3v) is 23.0. The van der Waals surface area contributed by atoms with Crippen molar-refractivity contribution in [2.75, 3.05) is 7.11 Å². The molecule has 6 aliphatic heterocycles. The van der Waals surface area contributed by atoms with Gasteiger partial charge in [0.05, 0.1) is 83.8 Å². The SMILES string of the molecule is C=C[C@@]1(OC(=O)c2ccccc2)[C@H](C)[C@@H](CC)O[C@H]1N1C=CC(=O)CC1=O.C=C[C@@]1(OC(=O)c2ccccc2)[C@H](C)[C@@H](CC)O[C@H]1n1ccc(=O)n(Cc2ccc(OC)cc2)c1=O.C=C[C@]1(C)[C@@H](OC(=O)c2ccccc2)O[C@H](CC)[C@H]1C.CC[C@H]1O[C@H](OC(=O)c2ccccc2)C(=O)[C@@H]1C.CC[C@H]1O[C@H](OC(=O)c2ccccc2)[C@H](O)[C@@H]1C. The number of carbonyl (C=O) groups is 8. The molecule has 25 nitrogen and oxygen atoms in total. The Hall–Kier alpha value is -11.3. The van der Waals surface area contributed by atoms with Gasteiger partial charge in [0.15, 0.2) is 29.4 Å². The number of ketones is 2. The summed E-state index contributed by atoms with van der Waals surface area (Å²) >= 11 is 0. The molecule has 25 heteroatoms. The Labute approximate surface area is 694 Å². The van der Waals surface area contributed by atoms with E-state index in [1.807, 2.05) is 104 Å². The lowest BCUT2D eigenvalue weighted by Gasteiger charge is -2.39. The maximum atomic E-state index is 13.6. The number of hydrogen-bond donors (Lipinski definition) is 1. The van der Waals surface area contributed by atoms with Gasteiger partial charge < -0.3 is 57.2 Å². The number of hydrogen-bond acceptors (Lipinski definition) is 22. The van der Waals surface area contributed by atoms with Crippen LogP contribution >= 0.6 is 0 Å². The zero-order valence-corrected chi connectivity index (χ0v) is 69.5. The Bertz CT molecular complexity index is 4790. The average Bonchev–Trinajstić information content (AvgIpc) is 1.62. The Kier molecular flexibility index (Phi) is 32.2. The first kappa shape index (κ1) is 91.6. The maximum Gasteiger partial charge on any atom is 0.340 e. The number of ether oxygens (including phenoxy) is 11. The van der Waals surface area contributed by atoms with Gasteiger partial charge in [-0.25, -0.2) is 28.8 Å². The first-order valence-electron chi connectivity index (χ1n) is 40.3. The minimum Gasteiger partial charge on any atom is -0.497 e. The number of benzene rings is 6. The molecule has 6 aliphatic rings. The van der Waals surface area contributed by atoms with Crippen LogP contribution in [0.1, 0.15) is 178 Å². The second-order valence-electron chi connectivity index (χ2n) is 30.1. The third kappa shape index (κ3) is 21.0.